The number of carbonyl (C=O) groups is 2. The van der Waals surface area contributed by atoms with Crippen molar-refractivity contribution in [3.05, 3.63) is 125 Å². The lowest BCUT2D eigenvalue weighted by Gasteiger charge is -2.22. The molecule has 0 aliphatic heterocycles. The molecule has 5 aromatic rings. The molecule has 0 saturated heterocycles. The number of nitrogens with two attached hydrogens (primary N) is 1. The van der Waals surface area contributed by atoms with Crippen LogP contribution >= 0.6 is 0 Å². The summed E-state index contributed by atoms with van der Waals surface area (Å²) in [7, 11) is 0. The normalized spacial score (nSPS) is 11.9. The van der Waals surface area contributed by atoms with Crippen LogP contribution in [0.15, 0.2) is 85.1 Å². The number of benzene rings is 3. The van der Waals surface area contributed by atoms with E-state index in [1.54, 1.807) is 59.3 Å². The van der Waals surface area contributed by atoms with Crippen LogP contribution in [0.1, 0.15) is 33.4 Å². The smallest absolute Gasteiger partial charge is 0.248 e. The van der Waals surface area contributed by atoms with Crippen LogP contribution in [0.5, 0.6) is 0 Å². The van der Waals surface area contributed by atoms with Crippen LogP contribution in [0.25, 0.3) is 22.0 Å². The number of nitrogens with zero attached hydrogens (tertiary/aromatic N) is 2. The molecule has 0 spiro atoms. The van der Waals surface area contributed by atoms with Gasteiger partial charge in [0, 0.05) is 40.0 Å². The van der Waals surface area contributed by atoms with Gasteiger partial charge in [-0.2, -0.15) is 0 Å². The van der Waals surface area contributed by atoms with E-state index in [0.717, 1.165) is 11.8 Å². The van der Waals surface area contributed by atoms with E-state index in [-0.39, 0.29) is 24.7 Å². The van der Waals surface area contributed by atoms with Gasteiger partial charge in [-0.1, -0.05) is 18.2 Å². The Balaban J connectivity index is 1.53. The summed E-state index contributed by atoms with van der Waals surface area (Å²) in [5.41, 5.74) is 9.25. The molecule has 2 amide bonds. The number of hydrogen-bond acceptors (Lipinski definition) is 3. The number of aryl methyl sites for hydroxylation is 1. The Bertz CT molecular complexity index is 1730. The first-order valence-electron chi connectivity index (χ1n) is 12.5. The zero-order chi connectivity index (χ0) is 28.4. The monoisotopic (exact) mass is 542 g/mol. The number of pyridine rings is 1. The summed E-state index contributed by atoms with van der Waals surface area (Å²) < 4.78 is 43.6. The van der Waals surface area contributed by atoms with E-state index >= 15 is 0 Å². The van der Waals surface area contributed by atoms with Gasteiger partial charge in [-0.3, -0.25) is 14.6 Å². The molecule has 0 unspecified atom stereocenters. The molecule has 202 valence electrons. The van der Waals surface area contributed by atoms with E-state index in [9.17, 15) is 22.8 Å². The van der Waals surface area contributed by atoms with Crippen molar-refractivity contribution in [1.82, 2.24) is 14.9 Å². The molecule has 40 heavy (non-hydrogen) atoms. The van der Waals surface area contributed by atoms with Gasteiger partial charge in [0.25, 0.3) is 0 Å². The SMILES string of the molecule is Cc1cc2cc(F)ccc2n1CC(=O)N[C@@H](Cc1cc(F)cc(F)c1)c1ncccc1-c1cccc(C(N)=O)c1. The maximum atomic E-state index is 14.1. The molecule has 0 saturated carbocycles. The lowest BCUT2D eigenvalue weighted by molar-refractivity contribution is -0.122. The lowest BCUT2D eigenvalue weighted by atomic mass is 9.94. The van der Waals surface area contributed by atoms with Crippen LogP contribution < -0.4 is 11.1 Å². The number of halogens is 3. The molecule has 0 radical (unpaired) electrons. The van der Waals surface area contributed by atoms with Gasteiger partial charge in [-0.05, 0) is 79.1 Å². The van der Waals surface area contributed by atoms with Crippen molar-refractivity contribution in [3.63, 3.8) is 0 Å². The highest BCUT2D eigenvalue weighted by molar-refractivity contribution is 5.94. The predicted octanol–water partition coefficient (Wildman–Crippen LogP) is 5.63. The minimum atomic E-state index is -0.790. The summed E-state index contributed by atoms with van der Waals surface area (Å²) in [6.45, 7) is 1.75. The van der Waals surface area contributed by atoms with E-state index in [4.69, 9.17) is 5.73 Å². The van der Waals surface area contributed by atoms with Crippen molar-refractivity contribution in [2.75, 3.05) is 0 Å². The van der Waals surface area contributed by atoms with Crippen molar-refractivity contribution >= 4 is 22.7 Å². The van der Waals surface area contributed by atoms with Crippen LogP contribution in [-0.4, -0.2) is 21.4 Å². The van der Waals surface area contributed by atoms with E-state index in [1.165, 1.54) is 24.3 Å². The second kappa shape index (κ2) is 11.1. The average molecular weight is 543 g/mol. The number of carbonyl (C=O) groups excluding carboxylic acids is 2. The molecule has 0 aliphatic carbocycles. The quantitative estimate of drug-likeness (QED) is 0.266. The fraction of sp³-hybridized carbons (Fsp3) is 0.129. The second-order valence-corrected chi connectivity index (χ2v) is 9.56. The van der Waals surface area contributed by atoms with Crippen molar-refractivity contribution < 1.29 is 22.8 Å². The number of aromatic nitrogens is 2. The van der Waals surface area contributed by atoms with Gasteiger partial charge in [0.15, 0.2) is 0 Å². The van der Waals surface area contributed by atoms with Crippen molar-refractivity contribution in [3.8, 4) is 11.1 Å². The van der Waals surface area contributed by atoms with E-state index in [1.807, 2.05) is 6.92 Å². The molecule has 6 nitrogen and oxygen atoms in total. The number of primary amides is 1. The topological polar surface area (TPSA) is 90.0 Å². The third-order valence-electron chi connectivity index (χ3n) is 6.70. The minimum Gasteiger partial charge on any atom is -0.366 e. The standard InChI is InChI=1S/C31H25F3N4O2/c1-18-10-22-15-23(32)7-8-28(22)38(18)17-29(39)37-27(13-19-11-24(33)16-25(34)12-19)30-26(6-3-9-36-30)20-4-2-5-21(14-20)31(35)40/h2-12,14-16,27H,13,17H2,1H3,(H2,35,40)(H,37,39)/t27-/m0/s1. The number of rotatable bonds is 8. The summed E-state index contributed by atoms with van der Waals surface area (Å²) in [6, 6.07) is 18.7. The third kappa shape index (κ3) is 5.73. The van der Waals surface area contributed by atoms with Gasteiger partial charge in [-0.15, -0.1) is 0 Å². The number of fused-ring (bicyclic) bond motifs is 1. The summed E-state index contributed by atoms with van der Waals surface area (Å²) in [5, 5.41) is 3.64. The van der Waals surface area contributed by atoms with E-state index in [0.29, 0.717) is 38.9 Å². The molecule has 2 heterocycles. The molecule has 2 aromatic heterocycles. The van der Waals surface area contributed by atoms with Gasteiger partial charge >= 0.3 is 0 Å². The fourth-order valence-corrected chi connectivity index (χ4v) is 4.93. The van der Waals surface area contributed by atoms with Crippen molar-refractivity contribution in [1.29, 1.82) is 0 Å². The summed E-state index contributed by atoms with van der Waals surface area (Å²) in [5.74, 6) is -2.83. The van der Waals surface area contributed by atoms with Crippen LogP contribution in [0.3, 0.4) is 0 Å². The van der Waals surface area contributed by atoms with Crippen molar-refractivity contribution in [2.45, 2.75) is 25.9 Å². The Morgan fingerprint density at radius 1 is 0.925 bits per heavy atom. The highest BCUT2D eigenvalue weighted by atomic mass is 19.1. The molecule has 1 atom stereocenters. The Kier molecular flexibility index (Phi) is 7.37. The second-order valence-electron chi connectivity index (χ2n) is 9.56. The van der Waals surface area contributed by atoms with Crippen LogP contribution in [0.4, 0.5) is 13.2 Å². The van der Waals surface area contributed by atoms with Crippen LogP contribution in [0.2, 0.25) is 0 Å². The van der Waals surface area contributed by atoms with Crippen molar-refractivity contribution in [2.24, 2.45) is 5.73 Å². The number of nitrogens with one attached hydrogen (secondary N) is 1. The minimum absolute atomic E-state index is 0.0383. The summed E-state index contributed by atoms with van der Waals surface area (Å²) >= 11 is 0. The molecule has 9 heteroatoms. The first kappa shape index (κ1) is 26.7. The molecule has 0 fully saturated rings. The zero-order valence-corrected chi connectivity index (χ0v) is 21.5. The molecule has 3 N–H and O–H groups in total. The first-order valence-corrected chi connectivity index (χ1v) is 12.5. The molecular weight excluding hydrogens is 517 g/mol. The molecule has 3 aromatic carbocycles. The van der Waals surface area contributed by atoms with Gasteiger partial charge in [0.05, 0.1) is 11.7 Å². The Hall–Kier alpha value is -4.92. The Morgan fingerprint density at radius 2 is 1.70 bits per heavy atom. The van der Waals surface area contributed by atoms with Crippen LogP contribution in [-0.2, 0) is 17.8 Å². The summed E-state index contributed by atoms with van der Waals surface area (Å²) in [4.78, 5) is 29.8. The number of amides is 2. The van der Waals surface area contributed by atoms with Gasteiger partial charge < -0.3 is 15.6 Å². The van der Waals surface area contributed by atoms with Gasteiger partial charge in [-0.25, -0.2) is 13.2 Å². The highest BCUT2D eigenvalue weighted by Gasteiger charge is 2.22. The lowest BCUT2D eigenvalue weighted by Crippen LogP contribution is -2.33. The summed E-state index contributed by atoms with van der Waals surface area (Å²) in [6.07, 6.45) is 1.59. The Morgan fingerprint density at radius 3 is 2.45 bits per heavy atom. The average Bonchev–Trinajstić information content (AvgIpc) is 3.21. The largest absolute Gasteiger partial charge is 0.366 e. The number of hydrogen-bond donors (Lipinski definition) is 2. The maximum Gasteiger partial charge on any atom is 0.248 e. The zero-order valence-electron chi connectivity index (χ0n) is 21.5. The molecule has 5 rings (SSSR count). The molecular formula is C31H25F3N4O2. The van der Waals surface area contributed by atoms with E-state index in [2.05, 4.69) is 10.3 Å². The fourth-order valence-electron chi connectivity index (χ4n) is 4.93. The van der Waals surface area contributed by atoms with Gasteiger partial charge in [0.2, 0.25) is 11.8 Å². The van der Waals surface area contributed by atoms with E-state index < -0.39 is 23.6 Å². The van der Waals surface area contributed by atoms with Gasteiger partial charge in [0.1, 0.15) is 24.0 Å². The van der Waals surface area contributed by atoms with Crippen LogP contribution in [0, 0.1) is 24.4 Å². The molecule has 0 aliphatic rings. The Labute approximate surface area is 228 Å². The highest BCUT2D eigenvalue weighted by Crippen LogP contribution is 2.30. The maximum absolute atomic E-state index is 14.1. The molecule has 0 bridgehead atoms. The first-order chi connectivity index (χ1) is 19.2. The third-order valence-corrected chi connectivity index (χ3v) is 6.70. The predicted molar refractivity (Wildman–Crippen MR) is 146 cm³/mol.